The van der Waals surface area contributed by atoms with Crippen LogP contribution >= 0.6 is 0 Å². The Labute approximate surface area is 162 Å². The van der Waals surface area contributed by atoms with Crippen molar-refractivity contribution in [3.05, 3.63) is 65.7 Å². The fraction of sp³-hybridized carbons (Fsp3) is 0.238. The van der Waals surface area contributed by atoms with Gasteiger partial charge in [0.15, 0.2) is 6.10 Å². The van der Waals surface area contributed by atoms with Gasteiger partial charge in [0.25, 0.3) is 11.8 Å². The Hall–Kier alpha value is -3.48. The zero-order valence-electron chi connectivity index (χ0n) is 15.4. The number of hydrogen-bond acceptors (Lipinski definition) is 5. The quantitative estimate of drug-likeness (QED) is 0.612. The number of nitrogens with zero attached hydrogens (tertiary/aromatic N) is 1. The molecule has 2 aromatic rings. The van der Waals surface area contributed by atoms with Crippen LogP contribution in [0, 0.1) is 0 Å². The fourth-order valence-corrected chi connectivity index (χ4v) is 2.90. The van der Waals surface area contributed by atoms with Gasteiger partial charge in [0.1, 0.15) is 0 Å². The van der Waals surface area contributed by atoms with Crippen LogP contribution in [0.3, 0.4) is 0 Å². The number of imide groups is 1. The van der Waals surface area contributed by atoms with Crippen molar-refractivity contribution in [1.82, 2.24) is 4.90 Å². The highest BCUT2D eigenvalue weighted by Gasteiger charge is 2.31. The first-order valence-corrected chi connectivity index (χ1v) is 8.93. The van der Waals surface area contributed by atoms with Crippen LogP contribution in [0.1, 0.15) is 29.3 Å². The van der Waals surface area contributed by atoms with E-state index in [1.165, 1.54) is 6.92 Å². The molecule has 0 radical (unpaired) electrons. The van der Waals surface area contributed by atoms with Gasteiger partial charge in [0.2, 0.25) is 5.91 Å². The van der Waals surface area contributed by atoms with Gasteiger partial charge < -0.3 is 10.1 Å². The normalized spacial score (nSPS) is 14.2. The van der Waals surface area contributed by atoms with Crippen LogP contribution < -0.4 is 5.32 Å². The summed E-state index contributed by atoms with van der Waals surface area (Å²) >= 11 is 0. The summed E-state index contributed by atoms with van der Waals surface area (Å²) in [6, 6.07) is 15.7. The Balaban J connectivity index is 1.52. The van der Waals surface area contributed by atoms with Crippen LogP contribution in [-0.2, 0) is 25.5 Å². The molecule has 1 heterocycles. The maximum absolute atomic E-state index is 12.5. The number of carbonyl (C=O) groups is 4. The van der Waals surface area contributed by atoms with Crippen LogP contribution in [0.2, 0.25) is 0 Å². The molecule has 2 aromatic carbocycles. The van der Waals surface area contributed by atoms with Crippen molar-refractivity contribution in [1.29, 1.82) is 0 Å². The summed E-state index contributed by atoms with van der Waals surface area (Å²) in [4.78, 5) is 49.9. The Bertz CT molecular complexity index is 910. The van der Waals surface area contributed by atoms with E-state index in [0.717, 1.165) is 4.90 Å². The van der Waals surface area contributed by atoms with Crippen molar-refractivity contribution in [2.45, 2.75) is 25.9 Å². The SMILES string of the molecule is C[C@@H](OC(=O)CCN1C(=O)Cc2ccccc2C1=O)C(=O)Nc1ccccc1. The number of para-hydroxylation sites is 1. The molecule has 1 atom stereocenters. The lowest BCUT2D eigenvalue weighted by Crippen LogP contribution is -2.43. The van der Waals surface area contributed by atoms with E-state index in [2.05, 4.69) is 5.32 Å². The number of benzene rings is 2. The lowest BCUT2D eigenvalue weighted by Gasteiger charge is -2.26. The van der Waals surface area contributed by atoms with Crippen molar-refractivity contribution >= 4 is 29.4 Å². The zero-order valence-corrected chi connectivity index (χ0v) is 15.4. The second-order valence-corrected chi connectivity index (χ2v) is 6.42. The van der Waals surface area contributed by atoms with E-state index in [1.54, 1.807) is 48.5 Å². The van der Waals surface area contributed by atoms with E-state index in [9.17, 15) is 19.2 Å². The molecule has 1 aliphatic heterocycles. The van der Waals surface area contributed by atoms with E-state index < -0.39 is 23.9 Å². The molecule has 1 aliphatic rings. The maximum atomic E-state index is 12.5. The van der Waals surface area contributed by atoms with Gasteiger partial charge in [-0.15, -0.1) is 0 Å². The summed E-state index contributed by atoms with van der Waals surface area (Å²) in [5.41, 5.74) is 1.74. The number of esters is 1. The van der Waals surface area contributed by atoms with Crippen molar-refractivity contribution in [2.75, 3.05) is 11.9 Å². The van der Waals surface area contributed by atoms with Crippen molar-refractivity contribution in [3.8, 4) is 0 Å². The Morgan fingerprint density at radius 1 is 1.07 bits per heavy atom. The molecule has 0 saturated carbocycles. The molecule has 0 spiro atoms. The number of amides is 3. The van der Waals surface area contributed by atoms with Gasteiger partial charge in [-0.05, 0) is 30.7 Å². The molecule has 0 fully saturated rings. The number of fused-ring (bicyclic) bond motifs is 1. The summed E-state index contributed by atoms with van der Waals surface area (Å²) in [5, 5.41) is 2.64. The number of anilines is 1. The molecular weight excluding hydrogens is 360 g/mol. The standard InChI is InChI=1S/C21H20N2O5/c1-14(20(26)22-16-8-3-2-4-9-16)28-19(25)11-12-23-18(24)13-15-7-5-6-10-17(15)21(23)27/h2-10,14H,11-13H2,1H3,(H,22,26)/t14-/m1/s1. The van der Waals surface area contributed by atoms with Crippen molar-refractivity contribution in [3.63, 3.8) is 0 Å². The molecule has 144 valence electrons. The summed E-state index contributed by atoms with van der Waals surface area (Å²) in [6.45, 7) is 1.38. The molecule has 1 N–H and O–H groups in total. The highest BCUT2D eigenvalue weighted by atomic mass is 16.5. The molecule has 0 bridgehead atoms. The zero-order chi connectivity index (χ0) is 20.1. The largest absolute Gasteiger partial charge is 0.452 e. The summed E-state index contributed by atoms with van der Waals surface area (Å²) in [5.74, 6) is -1.89. The first-order chi connectivity index (χ1) is 13.5. The molecule has 0 aromatic heterocycles. The predicted octanol–water partition coefficient (Wildman–Crippen LogP) is 2.17. The smallest absolute Gasteiger partial charge is 0.308 e. The molecule has 0 unspecified atom stereocenters. The minimum absolute atomic E-state index is 0.0855. The van der Waals surface area contributed by atoms with Crippen LogP contribution in [0.4, 0.5) is 5.69 Å². The lowest BCUT2D eigenvalue weighted by atomic mass is 9.98. The third-order valence-electron chi connectivity index (χ3n) is 4.39. The van der Waals surface area contributed by atoms with Crippen molar-refractivity contribution in [2.24, 2.45) is 0 Å². The second-order valence-electron chi connectivity index (χ2n) is 6.42. The summed E-state index contributed by atoms with van der Waals surface area (Å²) < 4.78 is 5.12. The van der Waals surface area contributed by atoms with Gasteiger partial charge in [0, 0.05) is 17.8 Å². The molecule has 28 heavy (non-hydrogen) atoms. The van der Waals surface area contributed by atoms with E-state index in [0.29, 0.717) is 16.8 Å². The lowest BCUT2D eigenvalue weighted by molar-refractivity contribution is -0.153. The van der Waals surface area contributed by atoms with Crippen LogP contribution in [-0.4, -0.2) is 41.2 Å². The van der Waals surface area contributed by atoms with E-state index >= 15 is 0 Å². The van der Waals surface area contributed by atoms with E-state index in [1.807, 2.05) is 6.07 Å². The minimum Gasteiger partial charge on any atom is -0.452 e. The highest BCUT2D eigenvalue weighted by Crippen LogP contribution is 2.19. The second kappa shape index (κ2) is 8.47. The Morgan fingerprint density at radius 2 is 1.75 bits per heavy atom. The highest BCUT2D eigenvalue weighted by molar-refractivity contribution is 6.09. The molecular formula is C21H20N2O5. The number of carbonyl (C=O) groups excluding carboxylic acids is 4. The molecule has 7 heteroatoms. The summed E-state index contributed by atoms with van der Waals surface area (Å²) in [7, 11) is 0. The molecule has 0 saturated heterocycles. The van der Waals surface area contributed by atoms with Crippen molar-refractivity contribution < 1.29 is 23.9 Å². The van der Waals surface area contributed by atoms with Crippen LogP contribution in [0.25, 0.3) is 0 Å². The number of nitrogens with one attached hydrogen (secondary N) is 1. The molecule has 0 aliphatic carbocycles. The fourth-order valence-electron chi connectivity index (χ4n) is 2.90. The first kappa shape index (κ1) is 19.3. The first-order valence-electron chi connectivity index (χ1n) is 8.93. The summed E-state index contributed by atoms with van der Waals surface area (Å²) in [6.07, 6.45) is -1.06. The molecule has 3 amide bonds. The molecule has 7 nitrogen and oxygen atoms in total. The van der Waals surface area contributed by atoms with E-state index in [4.69, 9.17) is 4.74 Å². The third-order valence-corrected chi connectivity index (χ3v) is 4.39. The van der Waals surface area contributed by atoms with E-state index in [-0.39, 0.29) is 25.3 Å². The average Bonchev–Trinajstić information content (AvgIpc) is 2.68. The Kier molecular flexibility index (Phi) is 5.84. The molecule has 3 rings (SSSR count). The van der Waals surface area contributed by atoms with Gasteiger partial charge in [-0.25, -0.2) is 0 Å². The number of hydrogen-bond donors (Lipinski definition) is 1. The monoisotopic (exact) mass is 380 g/mol. The third kappa shape index (κ3) is 4.43. The minimum atomic E-state index is -0.999. The average molecular weight is 380 g/mol. The van der Waals surface area contributed by atoms with Gasteiger partial charge in [-0.3, -0.25) is 24.1 Å². The van der Waals surface area contributed by atoms with Gasteiger partial charge in [-0.2, -0.15) is 0 Å². The van der Waals surface area contributed by atoms with Crippen LogP contribution in [0.15, 0.2) is 54.6 Å². The Morgan fingerprint density at radius 3 is 2.50 bits per heavy atom. The van der Waals surface area contributed by atoms with Gasteiger partial charge >= 0.3 is 5.97 Å². The number of ether oxygens (including phenoxy) is 1. The topological polar surface area (TPSA) is 92.8 Å². The van der Waals surface area contributed by atoms with Gasteiger partial charge in [-0.1, -0.05) is 36.4 Å². The number of rotatable bonds is 6. The van der Waals surface area contributed by atoms with Gasteiger partial charge in [0.05, 0.1) is 12.8 Å². The predicted molar refractivity (Wildman–Crippen MR) is 101 cm³/mol. The van der Waals surface area contributed by atoms with Crippen LogP contribution in [0.5, 0.6) is 0 Å². The maximum Gasteiger partial charge on any atom is 0.308 e.